The highest BCUT2D eigenvalue weighted by atomic mass is 16.1. The molecule has 0 bridgehead atoms. The summed E-state index contributed by atoms with van der Waals surface area (Å²) in [6, 6.07) is 13.9. The van der Waals surface area contributed by atoms with Gasteiger partial charge in [-0.05, 0) is 43.0 Å². The van der Waals surface area contributed by atoms with Crippen LogP contribution in [0.4, 0.5) is 5.69 Å². The van der Waals surface area contributed by atoms with Crippen LogP contribution in [0.2, 0.25) is 0 Å². The van der Waals surface area contributed by atoms with Crippen LogP contribution in [-0.2, 0) is 4.79 Å². The van der Waals surface area contributed by atoms with Crippen LogP contribution in [0.15, 0.2) is 54.9 Å². The van der Waals surface area contributed by atoms with Crippen LogP contribution < -0.4 is 5.32 Å². The van der Waals surface area contributed by atoms with Crippen molar-refractivity contribution >= 4 is 17.2 Å². The van der Waals surface area contributed by atoms with E-state index < -0.39 is 0 Å². The van der Waals surface area contributed by atoms with Gasteiger partial charge in [-0.2, -0.15) is 0 Å². The van der Waals surface area contributed by atoms with E-state index in [1.165, 1.54) is 25.7 Å². The van der Waals surface area contributed by atoms with Gasteiger partial charge in [0.1, 0.15) is 5.65 Å². The van der Waals surface area contributed by atoms with Crippen molar-refractivity contribution in [3.05, 3.63) is 54.9 Å². The molecular weight excluding hydrogens is 298 g/mol. The molecule has 4 heteroatoms. The van der Waals surface area contributed by atoms with Crippen LogP contribution >= 0.6 is 0 Å². The molecule has 0 radical (unpaired) electrons. The van der Waals surface area contributed by atoms with Gasteiger partial charge < -0.3 is 9.72 Å². The molecule has 4 rings (SSSR count). The Morgan fingerprint density at radius 3 is 2.67 bits per heavy atom. The van der Waals surface area contributed by atoms with Gasteiger partial charge in [0.05, 0.1) is 5.69 Å². The molecule has 1 fully saturated rings. The molecule has 3 aromatic rings. The Labute approximate surface area is 141 Å². The number of carbonyl (C=O) groups is 1. The summed E-state index contributed by atoms with van der Waals surface area (Å²) < 4.78 is 2.01. The van der Waals surface area contributed by atoms with Gasteiger partial charge in [0, 0.05) is 30.1 Å². The third-order valence-corrected chi connectivity index (χ3v) is 4.78. The Balaban J connectivity index is 1.45. The van der Waals surface area contributed by atoms with Crippen LogP contribution in [0.25, 0.3) is 16.9 Å². The molecule has 4 nitrogen and oxygen atoms in total. The molecule has 1 N–H and O–H groups in total. The van der Waals surface area contributed by atoms with Gasteiger partial charge in [0.25, 0.3) is 0 Å². The second-order valence-corrected chi connectivity index (χ2v) is 6.57. The molecule has 0 aliphatic heterocycles. The van der Waals surface area contributed by atoms with Gasteiger partial charge >= 0.3 is 0 Å². The van der Waals surface area contributed by atoms with Crippen molar-refractivity contribution < 1.29 is 4.79 Å². The number of nitrogens with zero attached hydrogens (tertiary/aromatic N) is 2. The fourth-order valence-corrected chi connectivity index (χ4v) is 3.49. The quantitative estimate of drug-likeness (QED) is 0.768. The number of imidazole rings is 1. The Bertz CT molecular complexity index is 812. The van der Waals surface area contributed by atoms with Crippen molar-refractivity contribution in [1.29, 1.82) is 0 Å². The molecule has 0 saturated heterocycles. The van der Waals surface area contributed by atoms with Crippen molar-refractivity contribution in [2.75, 3.05) is 5.32 Å². The number of carbonyl (C=O) groups excluding carboxylic acids is 1. The molecule has 0 spiro atoms. The minimum absolute atomic E-state index is 0.127. The highest BCUT2D eigenvalue weighted by Crippen LogP contribution is 2.28. The summed E-state index contributed by atoms with van der Waals surface area (Å²) in [5, 5.41) is 3.01. The average molecular weight is 319 g/mol. The number of anilines is 1. The first-order valence-corrected chi connectivity index (χ1v) is 8.62. The summed E-state index contributed by atoms with van der Waals surface area (Å²) in [7, 11) is 0. The number of pyridine rings is 1. The molecule has 0 atom stereocenters. The largest absolute Gasteiger partial charge is 0.326 e. The number of nitrogens with one attached hydrogen (secondary N) is 1. The van der Waals surface area contributed by atoms with E-state index in [0.717, 1.165) is 22.6 Å². The summed E-state index contributed by atoms with van der Waals surface area (Å²) in [6.07, 6.45) is 9.58. The number of hydrogen-bond donors (Lipinski definition) is 1. The van der Waals surface area contributed by atoms with E-state index >= 15 is 0 Å². The van der Waals surface area contributed by atoms with E-state index in [9.17, 15) is 4.79 Å². The van der Waals surface area contributed by atoms with Crippen molar-refractivity contribution in [1.82, 2.24) is 9.38 Å². The van der Waals surface area contributed by atoms with Crippen LogP contribution in [0.3, 0.4) is 0 Å². The van der Waals surface area contributed by atoms with Crippen molar-refractivity contribution in [2.24, 2.45) is 5.92 Å². The van der Waals surface area contributed by atoms with E-state index in [0.29, 0.717) is 12.3 Å². The fraction of sp³-hybridized carbons (Fsp3) is 0.300. The lowest BCUT2D eigenvalue weighted by molar-refractivity contribution is -0.117. The summed E-state index contributed by atoms with van der Waals surface area (Å²) in [5.41, 5.74) is 3.77. The van der Waals surface area contributed by atoms with Crippen molar-refractivity contribution in [3.63, 3.8) is 0 Å². The van der Waals surface area contributed by atoms with Gasteiger partial charge in [0.2, 0.25) is 5.91 Å². The number of benzene rings is 1. The van der Waals surface area contributed by atoms with Gasteiger partial charge in [-0.1, -0.05) is 31.0 Å². The second kappa shape index (κ2) is 6.48. The van der Waals surface area contributed by atoms with E-state index in [1.54, 1.807) is 0 Å². The van der Waals surface area contributed by atoms with Crippen molar-refractivity contribution in [2.45, 2.75) is 32.1 Å². The van der Waals surface area contributed by atoms with Crippen LogP contribution in [0, 0.1) is 5.92 Å². The molecule has 1 aromatic carbocycles. The number of amides is 1. The number of fused-ring (bicyclic) bond motifs is 1. The summed E-state index contributed by atoms with van der Waals surface area (Å²) in [5.74, 6) is 0.699. The number of aromatic nitrogens is 2. The second-order valence-electron chi connectivity index (χ2n) is 6.57. The van der Waals surface area contributed by atoms with Crippen LogP contribution in [0.1, 0.15) is 32.1 Å². The lowest BCUT2D eigenvalue weighted by Crippen LogP contribution is -2.14. The minimum atomic E-state index is 0.127. The molecule has 2 heterocycles. The Hall–Kier alpha value is -2.62. The van der Waals surface area contributed by atoms with Gasteiger partial charge in [-0.3, -0.25) is 4.79 Å². The molecule has 1 saturated carbocycles. The first-order chi connectivity index (χ1) is 11.8. The maximum atomic E-state index is 12.1. The highest BCUT2D eigenvalue weighted by Gasteiger charge is 2.18. The molecule has 1 aliphatic rings. The van der Waals surface area contributed by atoms with E-state index in [2.05, 4.69) is 10.3 Å². The minimum Gasteiger partial charge on any atom is -0.326 e. The summed E-state index contributed by atoms with van der Waals surface area (Å²) >= 11 is 0. The standard InChI is InChI=1S/C20H21N3O/c24-20(13-15-5-1-2-6-15)21-17-10-8-16(9-11-17)18-14-23-12-4-3-7-19(23)22-18/h3-4,7-12,14-15H,1-2,5-6,13H2,(H,21,24). The van der Waals surface area contributed by atoms with E-state index in [4.69, 9.17) is 0 Å². The zero-order valence-electron chi connectivity index (χ0n) is 13.6. The predicted molar refractivity (Wildman–Crippen MR) is 95.8 cm³/mol. The van der Waals surface area contributed by atoms with Gasteiger partial charge in [-0.25, -0.2) is 4.98 Å². The topological polar surface area (TPSA) is 46.4 Å². The normalized spacial score (nSPS) is 15.0. The maximum Gasteiger partial charge on any atom is 0.224 e. The maximum absolute atomic E-state index is 12.1. The Kier molecular flexibility index (Phi) is 4.03. The number of hydrogen-bond acceptors (Lipinski definition) is 2. The molecule has 0 unspecified atom stereocenters. The molecule has 1 amide bonds. The van der Waals surface area contributed by atoms with Gasteiger partial charge in [0.15, 0.2) is 0 Å². The first kappa shape index (κ1) is 14.9. The van der Waals surface area contributed by atoms with E-state index in [-0.39, 0.29) is 5.91 Å². The van der Waals surface area contributed by atoms with Crippen molar-refractivity contribution in [3.8, 4) is 11.3 Å². The molecule has 2 aromatic heterocycles. The monoisotopic (exact) mass is 319 g/mol. The molecule has 122 valence electrons. The zero-order chi connectivity index (χ0) is 16.4. The summed E-state index contributed by atoms with van der Waals surface area (Å²) in [6.45, 7) is 0. The fourth-order valence-electron chi connectivity index (χ4n) is 3.49. The highest BCUT2D eigenvalue weighted by molar-refractivity contribution is 5.91. The third-order valence-electron chi connectivity index (χ3n) is 4.78. The van der Waals surface area contributed by atoms with Crippen LogP contribution in [0.5, 0.6) is 0 Å². The van der Waals surface area contributed by atoms with Crippen LogP contribution in [-0.4, -0.2) is 15.3 Å². The van der Waals surface area contributed by atoms with E-state index in [1.807, 2.05) is 59.3 Å². The number of rotatable bonds is 4. The first-order valence-electron chi connectivity index (χ1n) is 8.62. The molecular formula is C20H21N3O. The Morgan fingerprint density at radius 1 is 1.12 bits per heavy atom. The average Bonchev–Trinajstić information content (AvgIpc) is 3.24. The molecule has 1 aliphatic carbocycles. The zero-order valence-corrected chi connectivity index (χ0v) is 13.6. The van der Waals surface area contributed by atoms with Gasteiger partial charge in [-0.15, -0.1) is 0 Å². The SMILES string of the molecule is O=C(CC1CCCC1)Nc1ccc(-c2cn3ccccc3n2)cc1. The lowest BCUT2D eigenvalue weighted by atomic mass is 10.0. The summed E-state index contributed by atoms with van der Waals surface area (Å²) in [4.78, 5) is 16.7. The third kappa shape index (κ3) is 3.18. The molecule has 24 heavy (non-hydrogen) atoms. The lowest BCUT2D eigenvalue weighted by Gasteiger charge is -2.09. The Morgan fingerprint density at radius 2 is 1.92 bits per heavy atom. The smallest absolute Gasteiger partial charge is 0.224 e. The predicted octanol–water partition coefficient (Wildman–Crippen LogP) is 4.52.